The van der Waals surface area contributed by atoms with Gasteiger partial charge < -0.3 is 10.6 Å². The minimum atomic E-state index is -4.55. The maximum absolute atomic E-state index is 13.0. The van der Waals surface area contributed by atoms with E-state index < -0.39 is 17.6 Å². The SMILES string of the molecule is Cc1nc(N2CCNC2=O)nn1CC1CCC(NC(=O)c2cc(C(F)(F)F)ccc2Cl)CC1. The molecule has 2 aliphatic rings. The third-order valence-electron chi connectivity index (χ3n) is 6.10. The van der Waals surface area contributed by atoms with Crippen LogP contribution in [-0.4, -0.2) is 45.8 Å². The summed E-state index contributed by atoms with van der Waals surface area (Å²) in [6.07, 6.45) is -1.51. The van der Waals surface area contributed by atoms with Crippen LogP contribution in [0.2, 0.25) is 5.02 Å². The molecule has 12 heteroatoms. The number of alkyl halides is 3. The van der Waals surface area contributed by atoms with Gasteiger partial charge in [0.05, 0.1) is 16.1 Å². The van der Waals surface area contributed by atoms with E-state index in [1.54, 1.807) is 4.68 Å². The normalized spacial score (nSPS) is 21.2. The van der Waals surface area contributed by atoms with Crippen LogP contribution in [0.15, 0.2) is 18.2 Å². The number of anilines is 1. The molecule has 178 valence electrons. The third kappa shape index (κ3) is 5.23. The monoisotopic (exact) mass is 484 g/mol. The highest BCUT2D eigenvalue weighted by molar-refractivity contribution is 6.33. The van der Waals surface area contributed by atoms with Gasteiger partial charge in [-0.15, -0.1) is 5.10 Å². The number of nitrogens with zero attached hydrogens (tertiary/aromatic N) is 4. The lowest BCUT2D eigenvalue weighted by molar-refractivity contribution is -0.137. The van der Waals surface area contributed by atoms with Crippen LogP contribution in [0.4, 0.5) is 23.9 Å². The van der Waals surface area contributed by atoms with Gasteiger partial charge in [-0.25, -0.2) is 9.48 Å². The molecule has 1 aliphatic heterocycles. The fourth-order valence-corrected chi connectivity index (χ4v) is 4.43. The van der Waals surface area contributed by atoms with Gasteiger partial charge in [0.15, 0.2) is 0 Å². The molecule has 0 atom stereocenters. The summed E-state index contributed by atoms with van der Waals surface area (Å²) in [5.74, 6) is 0.826. The molecule has 1 aromatic carbocycles. The molecule has 2 heterocycles. The molecule has 0 spiro atoms. The van der Waals surface area contributed by atoms with Gasteiger partial charge in [-0.3, -0.25) is 9.69 Å². The Labute approximate surface area is 193 Å². The summed E-state index contributed by atoms with van der Waals surface area (Å²) in [4.78, 5) is 30.3. The fourth-order valence-electron chi connectivity index (χ4n) is 4.23. The standard InChI is InChI=1S/C21H24ClF3N6O2/c1-12-27-19(30-9-8-26-20(30)33)29-31(12)11-13-2-5-15(6-3-13)28-18(32)16-10-14(21(23,24)25)4-7-17(16)22/h4,7,10,13,15H,2-3,5-6,8-9,11H2,1H3,(H,26,33)(H,28,32). The lowest BCUT2D eigenvalue weighted by Gasteiger charge is -2.29. The number of carbonyl (C=O) groups is 2. The van der Waals surface area contributed by atoms with Crippen molar-refractivity contribution < 1.29 is 22.8 Å². The first kappa shape index (κ1) is 23.3. The maximum Gasteiger partial charge on any atom is 0.416 e. The molecule has 2 N–H and O–H groups in total. The van der Waals surface area contributed by atoms with E-state index in [1.165, 1.54) is 4.90 Å². The minimum Gasteiger partial charge on any atom is -0.349 e. The Bertz CT molecular complexity index is 1050. The smallest absolute Gasteiger partial charge is 0.349 e. The summed E-state index contributed by atoms with van der Waals surface area (Å²) in [6, 6.07) is 2.40. The van der Waals surface area contributed by atoms with Gasteiger partial charge >= 0.3 is 12.2 Å². The van der Waals surface area contributed by atoms with Gasteiger partial charge in [-0.2, -0.15) is 18.2 Å². The van der Waals surface area contributed by atoms with Crippen LogP contribution in [0.1, 0.15) is 47.4 Å². The molecule has 0 unspecified atom stereocenters. The van der Waals surface area contributed by atoms with E-state index in [4.69, 9.17) is 11.6 Å². The van der Waals surface area contributed by atoms with Gasteiger partial charge in [0, 0.05) is 25.7 Å². The van der Waals surface area contributed by atoms with Crippen LogP contribution in [0.25, 0.3) is 0 Å². The Balaban J connectivity index is 1.32. The number of aromatic nitrogens is 3. The minimum absolute atomic E-state index is 0.0154. The molecule has 1 saturated heterocycles. The molecule has 0 radical (unpaired) electrons. The Morgan fingerprint density at radius 2 is 2.00 bits per heavy atom. The molecular formula is C21H24ClF3N6O2. The number of hydrogen-bond acceptors (Lipinski definition) is 4. The van der Waals surface area contributed by atoms with Gasteiger partial charge in [0.25, 0.3) is 11.9 Å². The predicted molar refractivity (Wildman–Crippen MR) is 115 cm³/mol. The van der Waals surface area contributed by atoms with Crippen molar-refractivity contribution in [1.82, 2.24) is 25.4 Å². The first-order valence-corrected chi connectivity index (χ1v) is 11.1. The van der Waals surface area contributed by atoms with E-state index >= 15 is 0 Å². The summed E-state index contributed by atoms with van der Waals surface area (Å²) in [7, 11) is 0. The number of nitrogens with one attached hydrogen (secondary N) is 2. The van der Waals surface area contributed by atoms with Crippen LogP contribution in [0, 0.1) is 12.8 Å². The van der Waals surface area contributed by atoms with Gasteiger partial charge in [-0.05, 0) is 56.7 Å². The first-order chi connectivity index (χ1) is 15.6. The third-order valence-corrected chi connectivity index (χ3v) is 6.42. The number of amides is 3. The second-order valence-corrected chi connectivity index (χ2v) is 8.82. The van der Waals surface area contributed by atoms with E-state index in [2.05, 4.69) is 20.7 Å². The lowest BCUT2D eigenvalue weighted by atomic mass is 9.86. The number of urea groups is 1. The van der Waals surface area contributed by atoms with Crippen molar-refractivity contribution in [1.29, 1.82) is 0 Å². The van der Waals surface area contributed by atoms with Gasteiger partial charge in [0.1, 0.15) is 5.82 Å². The second kappa shape index (κ2) is 9.20. The van der Waals surface area contributed by atoms with Crippen LogP contribution in [0.5, 0.6) is 0 Å². The molecule has 1 saturated carbocycles. The number of aryl methyl sites for hydroxylation is 1. The molecule has 1 aliphatic carbocycles. The molecule has 2 aromatic rings. The van der Waals surface area contributed by atoms with Crippen molar-refractivity contribution in [3.63, 3.8) is 0 Å². The Morgan fingerprint density at radius 1 is 1.27 bits per heavy atom. The molecule has 1 aromatic heterocycles. The largest absolute Gasteiger partial charge is 0.416 e. The topological polar surface area (TPSA) is 92.2 Å². The average molecular weight is 485 g/mol. The summed E-state index contributed by atoms with van der Waals surface area (Å²) >= 11 is 5.97. The number of hydrogen-bond donors (Lipinski definition) is 2. The van der Waals surface area contributed by atoms with Gasteiger partial charge in [-0.1, -0.05) is 11.6 Å². The van der Waals surface area contributed by atoms with Gasteiger partial charge in [0.2, 0.25) is 0 Å². The summed E-state index contributed by atoms with van der Waals surface area (Å²) in [5.41, 5.74) is -1.08. The van der Waals surface area contributed by atoms with E-state index in [9.17, 15) is 22.8 Å². The second-order valence-electron chi connectivity index (χ2n) is 8.41. The van der Waals surface area contributed by atoms with Crippen molar-refractivity contribution in [3.05, 3.63) is 40.2 Å². The highest BCUT2D eigenvalue weighted by Crippen LogP contribution is 2.32. The van der Waals surface area contributed by atoms with Crippen LogP contribution in [0.3, 0.4) is 0 Å². The van der Waals surface area contributed by atoms with Crippen LogP contribution >= 0.6 is 11.6 Å². The highest BCUT2D eigenvalue weighted by Gasteiger charge is 2.32. The maximum atomic E-state index is 13.0. The predicted octanol–water partition coefficient (Wildman–Crippen LogP) is 3.78. The number of rotatable bonds is 5. The number of benzene rings is 1. The number of carbonyl (C=O) groups excluding carboxylic acids is 2. The zero-order valence-electron chi connectivity index (χ0n) is 18.0. The van der Waals surface area contributed by atoms with E-state index in [0.717, 1.165) is 36.9 Å². The lowest BCUT2D eigenvalue weighted by Crippen LogP contribution is -2.38. The fraction of sp³-hybridized carbons (Fsp3) is 0.524. The highest BCUT2D eigenvalue weighted by atomic mass is 35.5. The van der Waals surface area contributed by atoms with Crippen molar-refractivity contribution in [2.24, 2.45) is 5.92 Å². The molecule has 2 fully saturated rings. The van der Waals surface area contributed by atoms with Crippen molar-refractivity contribution in [2.45, 2.75) is 51.4 Å². The summed E-state index contributed by atoms with van der Waals surface area (Å²) < 4.78 is 40.7. The number of halogens is 4. The Hall–Kier alpha value is -2.82. The van der Waals surface area contributed by atoms with Crippen molar-refractivity contribution in [2.75, 3.05) is 18.0 Å². The molecule has 33 heavy (non-hydrogen) atoms. The molecule has 8 nitrogen and oxygen atoms in total. The molecule has 4 rings (SSSR count). The van der Waals surface area contributed by atoms with E-state index in [1.807, 2.05) is 6.92 Å². The molecule has 3 amide bonds. The first-order valence-electron chi connectivity index (χ1n) is 10.8. The van der Waals surface area contributed by atoms with Crippen LogP contribution < -0.4 is 15.5 Å². The van der Waals surface area contributed by atoms with E-state index in [-0.39, 0.29) is 22.7 Å². The zero-order valence-corrected chi connectivity index (χ0v) is 18.7. The van der Waals surface area contributed by atoms with Crippen LogP contribution in [-0.2, 0) is 12.7 Å². The van der Waals surface area contributed by atoms with Crippen molar-refractivity contribution in [3.8, 4) is 0 Å². The molecule has 0 bridgehead atoms. The van der Waals surface area contributed by atoms with E-state index in [0.29, 0.717) is 44.3 Å². The zero-order chi connectivity index (χ0) is 23.8. The summed E-state index contributed by atoms with van der Waals surface area (Å²) in [6.45, 7) is 3.58. The quantitative estimate of drug-likeness (QED) is 0.675. The summed E-state index contributed by atoms with van der Waals surface area (Å²) in [5, 5.41) is 10.0. The Morgan fingerprint density at radius 3 is 2.64 bits per heavy atom. The molecular weight excluding hydrogens is 461 g/mol. The Kier molecular flexibility index (Phi) is 6.51. The average Bonchev–Trinajstić information content (AvgIpc) is 3.34. The van der Waals surface area contributed by atoms with Crippen molar-refractivity contribution >= 4 is 29.5 Å².